The molecule has 0 spiro atoms. The average Bonchev–Trinajstić information content (AvgIpc) is 3.39. The molecule has 0 saturated carbocycles. The van der Waals surface area contributed by atoms with Crippen molar-refractivity contribution in [2.75, 3.05) is 13.1 Å². The van der Waals surface area contributed by atoms with Gasteiger partial charge in [-0.3, -0.25) is 9.69 Å². The van der Waals surface area contributed by atoms with E-state index in [0.717, 1.165) is 24.3 Å². The van der Waals surface area contributed by atoms with Gasteiger partial charge in [-0.05, 0) is 43.0 Å². The largest absolute Gasteiger partial charge is 0.294 e. The van der Waals surface area contributed by atoms with E-state index < -0.39 is 10.0 Å². The van der Waals surface area contributed by atoms with Gasteiger partial charge < -0.3 is 0 Å². The highest BCUT2D eigenvalue weighted by Gasteiger charge is 2.19. The van der Waals surface area contributed by atoms with Crippen molar-refractivity contribution in [3.8, 4) is 10.6 Å². The lowest BCUT2D eigenvalue weighted by molar-refractivity contribution is 0.201. The number of aromatic nitrogens is 2. The summed E-state index contributed by atoms with van der Waals surface area (Å²) in [5, 5.41) is 8.36. The molecule has 3 rings (SSSR count). The lowest BCUT2D eigenvalue weighted by Gasteiger charge is -2.27. The fourth-order valence-electron chi connectivity index (χ4n) is 2.79. The molecule has 10 heteroatoms. The minimum atomic E-state index is -3.60. The quantitative estimate of drug-likeness (QED) is 0.493. The van der Waals surface area contributed by atoms with Gasteiger partial charge in [-0.2, -0.15) is 5.10 Å². The van der Waals surface area contributed by atoms with Crippen LogP contribution in [0, 0.1) is 0 Å². The number of sulfonamides is 1. The standard InChI is InChI=1S/C19H24N4O3S3/c1-3-14(2)23(13-15-5-4-12-27-15)11-10-20-29(25,26)19-9-7-17(28-19)16-6-8-18(24)22-21-16/h4-9,12,14,20H,3,10-11,13H2,1-2H3,(H,22,24). The minimum absolute atomic E-state index is 0.230. The van der Waals surface area contributed by atoms with Crippen LogP contribution in [0.15, 0.2) is 50.8 Å². The second kappa shape index (κ2) is 9.77. The predicted octanol–water partition coefficient (Wildman–Crippen LogP) is 3.14. The minimum Gasteiger partial charge on any atom is -0.294 e. The van der Waals surface area contributed by atoms with E-state index >= 15 is 0 Å². The molecule has 0 aliphatic heterocycles. The highest BCUT2D eigenvalue weighted by Crippen LogP contribution is 2.28. The number of H-pyrrole nitrogens is 1. The molecule has 0 aliphatic carbocycles. The summed E-state index contributed by atoms with van der Waals surface area (Å²) >= 11 is 2.84. The Kier molecular flexibility index (Phi) is 7.36. The van der Waals surface area contributed by atoms with Gasteiger partial charge in [0.1, 0.15) is 9.90 Å². The Morgan fingerprint density at radius 1 is 1.24 bits per heavy atom. The van der Waals surface area contributed by atoms with Crippen molar-refractivity contribution < 1.29 is 8.42 Å². The van der Waals surface area contributed by atoms with E-state index in [-0.39, 0.29) is 9.77 Å². The van der Waals surface area contributed by atoms with Crippen molar-refractivity contribution in [1.82, 2.24) is 19.8 Å². The SMILES string of the molecule is CCC(C)N(CCNS(=O)(=O)c1ccc(-c2ccc(=O)[nH]n2)s1)Cc1cccs1. The molecule has 29 heavy (non-hydrogen) atoms. The van der Waals surface area contributed by atoms with Crippen LogP contribution in [-0.4, -0.2) is 42.6 Å². The first-order chi connectivity index (χ1) is 13.9. The Morgan fingerprint density at radius 2 is 2.07 bits per heavy atom. The number of thiophene rings is 2. The van der Waals surface area contributed by atoms with Crippen molar-refractivity contribution in [3.05, 3.63) is 57.0 Å². The molecule has 3 aromatic heterocycles. The summed E-state index contributed by atoms with van der Waals surface area (Å²) in [5.41, 5.74) is 0.239. The Bertz CT molecular complexity index is 1050. The first-order valence-electron chi connectivity index (χ1n) is 9.31. The van der Waals surface area contributed by atoms with E-state index in [1.54, 1.807) is 29.5 Å². The van der Waals surface area contributed by atoms with Crippen molar-refractivity contribution >= 4 is 32.7 Å². The van der Waals surface area contributed by atoms with Gasteiger partial charge in [0.25, 0.3) is 5.56 Å². The average molecular weight is 453 g/mol. The van der Waals surface area contributed by atoms with E-state index in [4.69, 9.17) is 0 Å². The fourth-order valence-corrected chi connectivity index (χ4v) is 5.87. The van der Waals surface area contributed by atoms with E-state index in [1.165, 1.54) is 10.9 Å². The summed E-state index contributed by atoms with van der Waals surface area (Å²) in [7, 11) is -3.60. The second-order valence-corrected chi connectivity index (χ2v) is 10.7. The molecule has 0 aliphatic rings. The Balaban J connectivity index is 1.63. The number of nitrogens with zero attached hydrogens (tertiary/aromatic N) is 2. The molecule has 3 heterocycles. The van der Waals surface area contributed by atoms with Gasteiger partial charge in [-0.25, -0.2) is 18.2 Å². The van der Waals surface area contributed by atoms with Gasteiger partial charge in [0.15, 0.2) is 0 Å². The lowest BCUT2D eigenvalue weighted by Crippen LogP contribution is -2.38. The first-order valence-corrected chi connectivity index (χ1v) is 12.5. The smallest absolute Gasteiger partial charge is 0.264 e. The molecule has 3 aromatic rings. The monoisotopic (exact) mass is 452 g/mol. The molecule has 0 amide bonds. The van der Waals surface area contributed by atoms with Crippen LogP contribution in [0.25, 0.3) is 10.6 Å². The highest BCUT2D eigenvalue weighted by molar-refractivity contribution is 7.91. The topological polar surface area (TPSA) is 95.2 Å². The summed E-state index contributed by atoms with van der Waals surface area (Å²) in [6.07, 6.45) is 0.999. The molecule has 0 radical (unpaired) electrons. The van der Waals surface area contributed by atoms with Crippen LogP contribution in [-0.2, 0) is 16.6 Å². The van der Waals surface area contributed by atoms with Crippen LogP contribution in [0.5, 0.6) is 0 Å². The van der Waals surface area contributed by atoms with Crippen LogP contribution < -0.4 is 10.3 Å². The third-order valence-corrected chi connectivity index (χ3v) is 8.54. The second-order valence-electron chi connectivity index (χ2n) is 6.63. The Morgan fingerprint density at radius 3 is 2.72 bits per heavy atom. The fraction of sp³-hybridized carbons (Fsp3) is 0.368. The van der Waals surface area contributed by atoms with Crippen LogP contribution in [0.1, 0.15) is 25.1 Å². The maximum Gasteiger partial charge on any atom is 0.264 e. The number of hydrogen-bond acceptors (Lipinski definition) is 7. The van der Waals surface area contributed by atoms with Crippen LogP contribution in [0.3, 0.4) is 0 Å². The molecular formula is C19H24N4O3S3. The zero-order chi connectivity index (χ0) is 20.9. The maximum atomic E-state index is 12.7. The van der Waals surface area contributed by atoms with Crippen molar-refractivity contribution in [2.24, 2.45) is 0 Å². The van der Waals surface area contributed by atoms with E-state index in [0.29, 0.717) is 29.7 Å². The molecule has 7 nitrogen and oxygen atoms in total. The molecule has 0 saturated heterocycles. The zero-order valence-electron chi connectivity index (χ0n) is 16.3. The zero-order valence-corrected chi connectivity index (χ0v) is 18.7. The van der Waals surface area contributed by atoms with Gasteiger partial charge in [0.05, 0.1) is 4.88 Å². The molecule has 1 atom stereocenters. The number of hydrogen-bond donors (Lipinski definition) is 2. The van der Waals surface area contributed by atoms with Crippen LogP contribution in [0.4, 0.5) is 0 Å². The van der Waals surface area contributed by atoms with Gasteiger partial charge in [-0.15, -0.1) is 22.7 Å². The lowest BCUT2D eigenvalue weighted by atomic mass is 10.2. The summed E-state index contributed by atoms with van der Waals surface area (Å²) in [5.74, 6) is 0. The Labute approximate surface area is 178 Å². The molecule has 0 aromatic carbocycles. The van der Waals surface area contributed by atoms with Gasteiger partial charge in [-0.1, -0.05) is 13.0 Å². The number of nitrogens with one attached hydrogen (secondary N) is 2. The predicted molar refractivity (Wildman–Crippen MR) is 118 cm³/mol. The molecule has 2 N–H and O–H groups in total. The normalized spacial score (nSPS) is 13.1. The van der Waals surface area contributed by atoms with E-state index in [2.05, 4.69) is 45.1 Å². The van der Waals surface area contributed by atoms with Crippen LogP contribution >= 0.6 is 22.7 Å². The van der Waals surface area contributed by atoms with Crippen molar-refractivity contribution in [1.29, 1.82) is 0 Å². The third kappa shape index (κ3) is 5.83. The van der Waals surface area contributed by atoms with E-state index in [1.807, 2.05) is 6.07 Å². The van der Waals surface area contributed by atoms with Gasteiger partial charge in [0, 0.05) is 36.6 Å². The molecule has 1 unspecified atom stereocenters. The van der Waals surface area contributed by atoms with Gasteiger partial charge in [0.2, 0.25) is 10.0 Å². The molecule has 0 fully saturated rings. The maximum absolute atomic E-state index is 12.7. The third-order valence-electron chi connectivity index (χ3n) is 4.62. The Hall–Kier alpha value is -1.85. The van der Waals surface area contributed by atoms with E-state index in [9.17, 15) is 13.2 Å². The number of aromatic amines is 1. The van der Waals surface area contributed by atoms with Crippen molar-refractivity contribution in [2.45, 2.75) is 37.1 Å². The van der Waals surface area contributed by atoms with Crippen LogP contribution in [0.2, 0.25) is 0 Å². The first kappa shape index (κ1) is 21.8. The molecular weight excluding hydrogens is 428 g/mol. The summed E-state index contributed by atoms with van der Waals surface area (Å²) in [6, 6.07) is 10.7. The number of rotatable bonds is 10. The molecule has 156 valence electrons. The summed E-state index contributed by atoms with van der Waals surface area (Å²) < 4.78 is 28.3. The van der Waals surface area contributed by atoms with Gasteiger partial charge >= 0.3 is 0 Å². The highest BCUT2D eigenvalue weighted by atomic mass is 32.2. The summed E-state index contributed by atoms with van der Waals surface area (Å²) in [4.78, 5) is 15.4. The summed E-state index contributed by atoms with van der Waals surface area (Å²) in [6.45, 7) is 6.07. The van der Waals surface area contributed by atoms with Crippen molar-refractivity contribution in [3.63, 3.8) is 0 Å². The molecule has 0 bridgehead atoms.